The summed E-state index contributed by atoms with van der Waals surface area (Å²) in [5.41, 5.74) is 2.16. The highest BCUT2D eigenvalue weighted by Crippen LogP contribution is 2.46. The van der Waals surface area contributed by atoms with Crippen LogP contribution in [0, 0.1) is 11.0 Å². The summed E-state index contributed by atoms with van der Waals surface area (Å²) in [7, 11) is 0. The van der Waals surface area contributed by atoms with Crippen LogP contribution in [0.15, 0.2) is 18.6 Å². The lowest BCUT2D eigenvalue weighted by molar-refractivity contribution is 0.319. The third-order valence-corrected chi connectivity index (χ3v) is 5.91. The van der Waals surface area contributed by atoms with Crippen LogP contribution in [0.5, 0.6) is 0 Å². The first-order chi connectivity index (χ1) is 9.83. The van der Waals surface area contributed by atoms with E-state index in [0.29, 0.717) is 6.04 Å². The van der Waals surface area contributed by atoms with Crippen LogP contribution in [0.25, 0.3) is 11.3 Å². The van der Waals surface area contributed by atoms with Gasteiger partial charge in [0.2, 0.25) is 0 Å². The zero-order valence-corrected chi connectivity index (χ0v) is 12.3. The molecule has 2 aromatic heterocycles. The molecule has 0 bridgehead atoms. The first-order valence-corrected chi connectivity index (χ1v) is 8.46. The van der Waals surface area contributed by atoms with E-state index in [1.54, 1.807) is 6.07 Å². The molecule has 106 valence electrons. The number of imidazole rings is 1. The third kappa shape index (κ3) is 2.01. The van der Waals surface area contributed by atoms with E-state index in [1.807, 2.05) is 12.5 Å². The lowest BCUT2D eigenvalue weighted by Crippen LogP contribution is -2.10. The smallest absolute Gasteiger partial charge is 0.177 e. The Bertz CT molecular complexity index is 610. The van der Waals surface area contributed by atoms with Gasteiger partial charge in [0.15, 0.2) is 5.13 Å². The van der Waals surface area contributed by atoms with E-state index >= 15 is 0 Å². The summed E-state index contributed by atoms with van der Waals surface area (Å²) in [6, 6.07) is 1.99. The van der Waals surface area contributed by atoms with Gasteiger partial charge in [-0.25, -0.2) is 4.98 Å². The van der Waals surface area contributed by atoms with Crippen LogP contribution >= 0.6 is 11.3 Å². The molecule has 0 N–H and O–H groups in total. The molecule has 0 amide bonds. The molecule has 1 fully saturated rings. The number of rotatable bonds is 3. The molecule has 2 aromatic rings. The van der Waals surface area contributed by atoms with Crippen LogP contribution < -0.4 is 0 Å². The highest BCUT2D eigenvalue weighted by Gasteiger charge is 2.31. The quantitative estimate of drug-likeness (QED) is 0.776. The molecule has 1 unspecified atom stereocenters. The molecule has 0 aromatic carbocycles. The maximum Gasteiger partial charge on any atom is 0.177 e. The molecule has 20 heavy (non-hydrogen) atoms. The second-order valence-electron chi connectivity index (χ2n) is 6.11. The predicted molar refractivity (Wildman–Crippen MR) is 79.4 cm³/mol. The minimum absolute atomic E-state index is 0.0647. The van der Waals surface area contributed by atoms with Crippen LogP contribution in [0.2, 0.25) is 0 Å². The third-order valence-electron chi connectivity index (χ3n) is 4.88. The molecular weight excluding hydrogens is 271 g/mol. The summed E-state index contributed by atoms with van der Waals surface area (Å²) >= 11 is 1.32. The van der Waals surface area contributed by atoms with Crippen molar-refractivity contribution in [3.63, 3.8) is 0 Å². The normalized spacial score (nSPS) is 21.9. The highest BCUT2D eigenvalue weighted by atomic mass is 32.1. The van der Waals surface area contributed by atoms with Crippen molar-refractivity contribution in [1.29, 1.82) is 0 Å². The molecular formula is C16H19FN2S. The van der Waals surface area contributed by atoms with Crippen molar-refractivity contribution in [2.75, 3.05) is 0 Å². The van der Waals surface area contributed by atoms with Gasteiger partial charge in [-0.2, -0.15) is 4.39 Å². The largest absolute Gasteiger partial charge is 0.322 e. The minimum atomic E-state index is -0.0647. The van der Waals surface area contributed by atoms with Gasteiger partial charge in [-0.3, -0.25) is 0 Å². The van der Waals surface area contributed by atoms with Crippen molar-refractivity contribution in [1.82, 2.24) is 9.55 Å². The summed E-state index contributed by atoms with van der Waals surface area (Å²) in [5, 5.41) is -0.0647. The van der Waals surface area contributed by atoms with E-state index in [-0.39, 0.29) is 5.13 Å². The van der Waals surface area contributed by atoms with E-state index in [4.69, 9.17) is 0 Å². The zero-order valence-electron chi connectivity index (χ0n) is 11.5. The van der Waals surface area contributed by atoms with Crippen molar-refractivity contribution in [3.05, 3.63) is 28.6 Å². The van der Waals surface area contributed by atoms with Crippen molar-refractivity contribution in [2.45, 2.75) is 51.0 Å². The molecule has 0 spiro atoms. The lowest BCUT2D eigenvalue weighted by Gasteiger charge is -2.23. The van der Waals surface area contributed by atoms with Crippen LogP contribution in [-0.2, 0) is 0 Å². The molecule has 4 heteroatoms. The number of halogens is 1. The van der Waals surface area contributed by atoms with Crippen LogP contribution in [-0.4, -0.2) is 9.55 Å². The average Bonchev–Trinajstić information content (AvgIpc) is 3.11. The van der Waals surface area contributed by atoms with Gasteiger partial charge in [-0.05, 0) is 24.8 Å². The zero-order chi connectivity index (χ0) is 13.5. The standard InChI is InChI=1S/C16H19FN2S/c17-15-8-12-14-9-18-10-19(14)13(16(12)20-15)7-6-11-4-2-1-3-5-11/h8-11,13H,1-7H2. The van der Waals surface area contributed by atoms with E-state index in [0.717, 1.165) is 23.6 Å². The summed E-state index contributed by atoms with van der Waals surface area (Å²) in [6.07, 6.45) is 13.1. The van der Waals surface area contributed by atoms with Crippen LogP contribution in [0.4, 0.5) is 4.39 Å². The van der Waals surface area contributed by atoms with Gasteiger partial charge in [-0.15, -0.1) is 11.3 Å². The molecule has 1 aliphatic heterocycles. The van der Waals surface area contributed by atoms with E-state index in [2.05, 4.69) is 9.55 Å². The highest BCUT2D eigenvalue weighted by molar-refractivity contribution is 7.11. The van der Waals surface area contributed by atoms with Crippen molar-refractivity contribution in [3.8, 4) is 11.3 Å². The van der Waals surface area contributed by atoms with Crippen molar-refractivity contribution >= 4 is 11.3 Å². The van der Waals surface area contributed by atoms with Gasteiger partial charge in [0.05, 0.1) is 24.3 Å². The second-order valence-corrected chi connectivity index (χ2v) is 7.15. The fraction of sp³-hybridized carbons (Fsp3) is 0.562. The molecule has 4 rings (SSSR count). The molecule has 1 saturated carbocycles. The Kier molecular flexibility index (Phi) is 3.14. The van der Waals surface area contributed by atoms with E-state index in [9.17, 15) is 4.39 Å². The monoisotopic (exact) mass is 290 g/mol. The molecule has 0 saturated heterocycles. The predicted octanol–water partition coefficient (Wildman–Crippen LogP) is 5.01. The summed E-state index contributed by atoms with van der Waals surface area (Å²) in [4.78, 5) is 5.45. The fourth-order valence-corrected chi connectivity index (χ4v) is 4.88. The number of hydrogen-bond acceptors (Lipinski definition) is 2. The molecule has 0 radical (unpaired) electrons. The summed E-state index contributed by atoms with van der Waals surface area (Å²) < 4.78 is 15.8. The van der Waals surface area contributed by atoms with Gasteiger partial charge < -0.3 is 4.57 Å². The second kappa shape index (κ2) is 4.99. The Balaban J connectivity index is 1.55. The van der Waals surface area contributed by atoms with E-state index < -0.39 is 0 Å². The first-order valence-electron chi connectivity index (χ1n) is 7.64. The number of nitrogens with zero attached hydrogens (tertiary/aromatic N) is 2. The Morgan fingerprint density at radius 1 is 1.25 bits per heavy atom. The van der Waals surface area contributed by atoms with Gasteiger partial charge in [0, 0.05) is 10.4 Å². The lowest BCUT2D eigenvalue weighted by atomic mass is 9.85. The molecule has 2 aliphatic rings. The summed E-state index contributed by atoms with van der Waals surface area (Å²) in [5.74, 6) is 0.879. The minimum Gasteiger partial charge on any atom is -0.322 e. The molecule has 1 atom stereocenters. The number of hydrogen-bond donors (Lipinski definition) is 0. The number of fused-ring (bicyclic) bond motifs is 3. The number of thiophene rings is 1. The number of aromatic nitrogens is 2. The van der Waals surface area contributed by atoms with Crippen molar-refractivity contribution in [2.24, 2.45) is 5.92 Å². The maximum atomic E-state index is 13.6. The van der Waals surface area contributed by atoms with Gasteiger partial charge in [0.25, 0.3) is 0 Å². The first kappa shape index (κ1) is 12.6. The Morgan fingerprint density at radius 3 is 2.95 bits per heavy atom. The Morgan fingerprint density at radius 2 is 2.10 bits per heavy atom. The SMILES string of the molecule is Fc1cc2c(s1)C(CCC1CCCCC1)n1cncc1-2. The van der Waals surface area contributed by atoms with Gasteiger partial charge in [0.1, 0.15) is 0 Å². The van der Waals surface area contributed by atoms with Gasteiger partial charge in [-0.1, -0.05) is 32.1 Å². The van der Waals surface area contributed by atoms with Gasteiger partial charge >= 0.3 is 0 Å². The van der Waals surface area contributed by atoms with Crippen LogP contribution in [0.1, 0.15) is 55.9 Å². The molecule has 3 heterocycles. The topological polar surface area (TPSA) is 17.8 Å². The Hall–Kier alpha value is -1.16. The maximum absolute atomic E-state index is 13.6. The molecule has 1 aliphatic carbocycles. The summed E-state index contributed by atoms with van der Waals surface area (Å²) in [6.45, 7) is 0. The average molecular weight is 290 g/mol. The Labute approximate surface area is 122 Å². The van der Waals surface area contributed by atoms with Crippen molar-refractivity contribution < 1.29 is 4.39 Å². The molecule has 2 nitrogen and oxygen atoms in total. The van der Waals surface area contributed by atoms with Crippen LogP contribution in [0.3, 0.4) is 0 Å². The fourth-order valence-electron chi connectivity index (χ4n) is 3.85. The van der Waals surface area contributed by atoms with E-state index in [1.165, 1.54) is 54.7 Å².